The molecule has 2 atom stereocenters. The summed E-state index contributed by atoms with van der Waals surface area (Å²) in [6.07, 6.45) is 11.6. The first kappa shape index (κ1) is 27.1. The second-order valence-corrected chi connectivity index (χ2v) is 11.5. The highest BCUT2D eigenvalue weighted by Gasteiger charge is 2.34. The van der Waals surface area contributed by atoms with Crippen LogP contribution < -0.4 is 20.9 Å². The fourth-order valence-corrected chi connectivity index (χ4v) is 6.00. The molecule has 0 aromatic carbocycles. The molecule has 3 fully saturated rings. The molecule has 0 bridgehead atoms. The van der Waals surface area contributed by atoms with Crippen molar-refractivity contribution in [3.05, 3.63) is 12.3 Å². The predicted octanol–water partition coefficient (Wildman–Crippen LogP) is 2.38. The van der Waals surface area contributed by atoms with E-state index in [4.69, 9.17) is 4.98 Å². The maximum absolute atomic E-state index is 12.7. The summed E-state index contributed by atoms with van der Waals surface area (Å²) < 4.78 is 0. The van der Waals surface area contributed by atoms with E-state index in [-0.39, 0.29) is 23.9 Å². The first-order valence-electron chi connectivity index (χ1n) is 14.2. The topological polar surface area (TPSA) is 106 Å². The van der Waals surface area contributed by atoms with Crippen LogP contribution in [0, 0.1) is 5.92 Å². The first-order chi connectivity index (χ1) is 17.4. The molecule has 3 aliphatic rings. The Bertz CT molecular complexity index is 817. The highest BCUT2D eigenvalue weighted by Crippen LogP contribution is 2.26. The summed E-state index contributed by atoms with van der Waals surface area (Å²) in [5.41, 5.74) is -0.776. The summed E-state index contributed by atoms with van der Waals surface area (Å²) in [4.78, 5) is 26.9. The third kappa shape index (κ3) is 8.02. The fourth-order valence-electron chi connectivity index (χ4n) is 6.00. The third-order valence-corrected chi connectivity index (χ3v) is 7.82. The number of amides is 1. The van der Waals surface area contributed by atoms with Gasteiger partial charge in [0.1, 0.15) is 5.82 Å². The lowest BCUT2D eigenvalue weighted by atomic mass is 9.91. The van der Waals surface area contributed by atoms with Crippen LogP contribution in [0.25, 0.3) is 0 Å². The Morgan fingerprint density at radius 2 is 1.86 bits per heavy atom. The number of carbonyl (C=O) groups is 1. The summed E-state index contributed by atoms with van der Waals surface area (Å²) in [6.45, 7) is 9.88. The van der Waals surface area contributed by atoms with Gasteiger partial charge in [0.25, 0.3) is 0 Å². The van der Waals surface area contributed by atoms with Crippen LogP contribution in [0.1, 0.15) is 71.6 Å². The fraction of sp³-hybridized carbons (Fsp3) is 0.815. The minimum atomic E-state index is -0.776. The molecule has 1 aromatic heterocycles. The van der Waals surface area contributed by atoms with Crippen molar-refractivity contribution in [1.29, 1.82) is 0 Å². The van der Waals surface area contributed by atoms with Gasteiger partial charge in [-0.15, -0.1) is 0 Å². The van der Waals surface area contributed by atoms with Crippen LogP contribution in [0.15, 0.2) is 12.3 Å². The number of aliphatic hydroxyl groups is 1. The van der Waals surface area contributed by atoms with E-state index in [0.717, 1.165) is 70.6 Å². The Labute approximate surface area is 216 Å². The number of hydrogen-bond donors (Lipinski definition) is 4. The lowest BCUT2D eigenvalue weighted by Gasteiger charge is -2.44. The van der Waals surface area contributed by atoms with Crippen LogP contribution in [0.2, 0.25) is 0 Å². The molecule has 0 aliphatic carbocycles. The van der Waals surface area contributed by atoms with Crippen molar-refractivity contribution in [3.63, 3.8) is 0 Å². The van der Waals surface area contributed by atoms with Gasteiger partial charge in [0.15, 0.2) is 0 Å². The summed E-state index contributed by atoms with van der Waals surface area (Å²) in [6, 6.07) is 2.37. The molecule has 202 valence electrons. The molecule has 0 spiro atoms. The van der Waals surface area contributed by atoms with Gasteiger partial charge in [-0.1, -0.05) is 12.8 Å². The zero-order valence-electron chi connectivity index (χ0n) is 22.3. The molecule has 4 heterocycles. The molecule has 9 nitrogen and oxygen atoms in total. The van der Waals surface area contributed by atoms with E-state index < -0.39 is 5.60 Å². The van der Waals surface area contributed by atoms with E-state index in [2.05, 4.69) is 30.7 Å². The largest absolute Gasteiger partial charge is 0.389 e. The average molecular weight is 502 g/mol. The van der Waals surface area contributed by atoms with Gasteiger partial charge < -0.3 is 26.0 Å². The Morgan fingerprint density at radius 1 is 1.11 bits per heavy atom. The average Bonchev–Trinajstić information content (AvgIpc) is 3.15. The van der Waals surface area contributed by atoms with E-state index in [1.165, 1.54) is 25.7 Å². The number of nitrogens with one attached hydrogen (secondary N) is 3. The molecule has 0 saturated carbocycles. The normalized spacial score (nSPS) is 24.8. The summed E-state index contributed by atoms with van der Waals surface area (Å²) >= 11 is 0. The van der Waals surface area contributed by atoms with Crippen molar-refractivity contribution in [1.82, 2.24) is 25.5 Å². The van der Waals surface area contributed by atoms with Gasteiger partial charge in [0.2, 0.25) is 11.9 Å². The van der Waals surface area contributed by atoms with Gasteiger partial charge in [0.05, 0.1) is 5.60 Å². The second-order valence-electron chi connectivity index (χ2n) is 11.5. The molecule has 4 rings (SSSR count). The lowest BCUT2D eigenvalue weighted by Crippen LogP contribution is -2.56. The smallest absolute Gasteiger partial charge is 0.224 e. The number of carbonyl (C=O) groups excluding carboxylic acids is 1. The number of β-amino-alcohol motifs (C(OH)–C–C–N with tert-alkyl or cyclic N) is 1. The Hall–Kier alpha value is -1.97. The number of anilines is 2. The molecular formula is C27H47N7O2. The van der Waals surface area contributed by atoms with Crippen LogP contribution in [0.4, 0.5) is 11.8 Å². The first-order valence-corrected chi connectivity index (χ1v) is 14.2. The molecule has 2 unspecified atom stereocenters. The number of nitrogens with zero attached hydrogens (tertiary/aromatic N) is 4. The predicted molar refractivity (Wildman–Crippen MR) is 144 cm³/mol. The molecule has 3 aliphatic heterocycles. The van der Waals surface area contributed by atoms with E-state index >= 15 is 0 Å². The van der Waals surface area contributed by atoms with Crippen molar-refractivity contribution < 1.29 is 9.90 Å². The van der Waals surface area contributed by atoms with Crippen LogP contribution in [-0.2, 0) is 4.79 Å². The number of rotatable bonds is 9. The number of aromatic nitrogens is 2. The van der Waals surface area contributed by atoms with Crippen LogP contribution in [0.3, 0.4) is 0 Å². The number of piperidine rings is 2. The molecule has 0 radical (unpaired) electrons. The number of likely N-dealkylation sites (tertiary alicyclic amines) is 1. The van der Waals surface area contributed by atoms with Gasteiger partial charge in [-0.05, 0) is 84.5 Å². The lowest BCUT2D eigenvalue weighted by molar-refractivity contribution is -0.125. The van der Waals surface area contributed by atoms with Gasteiger partial charge in [-0.2, -0.15) is 4.98 Å². The molecular weight excluding hydrogens is 454 g/mol. The van der Waals surface area contributed by atoms with Gasteiger partial charge in [0, 0.05) is 50.4 Å². The van der Waals surface area contributed by atoms with Gasteiger partial charge in [-0.3, -0.25) is 9.69 Å². The SMILES string of the molecule is CC(C)(O)CN1CCCC(Nc2nccc(N3CCCCCC3)n2)C1CCNC(=O)C1CCNCC1. The van der Waals surface area contributed by atoms with Crippen molar-refractivity contribution in [3.8, 4) is 0 Å². The standard InChI is InChI=1S/C27H47N7O2/c1-27(2,36)20-34-19-7-8-22(23(34)11-15-29-25(35)21-9-13-28-14-10-21)31-26-30-16-12-24(32-26)33-17-5-3-4-6-18-33/h12,16,21-23,28,36H,3-11,13-15,17-20H2,1-2H3,(H,29,35)(H,30,31,32). The maximum atomic E-state index is 12.7. The van der Waals surface area contributed by atoms with Gasteiger partial charge >= 0.3 is 0 Å². The van der Waals surface area contributed by atoms with E-state index in [1.54, 1.807) is 0 Å². The molecule has 3 saturated heterocycles. The molecule has 4 N–H and O–H groups in total. The Morgan fingerprint density at radius 3 is 2.58 bits per heavy atom. The number of hydrogen-bond acceptors (Lipinski definition) is 8. The molecule has 1 amide bonds. The minimum Gasteiger partial charge on any atom is -0.389 e. The Balaban J connectivity index is 1.41. The molecule has 36 heavy (non-hydrogen) atoms. The summed E-state index contributed by atoms with van der Waals surface area (Å²) in [7, 11) is 0. The highest BCUT2D eigenvalue weighted by atomic mass is 16.3. The third-order valence-electron chi connectivity index (χ3n) is 7.82. The van der Waals surface area contributed by atoms with Crippen molar-refractivity contribution in [2.24, 2.45) is 5.92 Å². The van der Waals surface area contributed by atoms with E-state index in [1.807, 2.05) is 26.1 Å². The molecule has 9 heteroatoms. The molecule has 1 aromatic rings. The van der Waals surface area contributed by atoms with Crippen LogP contribution >= 0.6 is 0 Å². The van der Waals surface area contributed by atoms with Crippen molar-refractivity contribution >= 4 is 17.7 Å². The Kier molecular flexibility index (Phi) is 9.79. The van der Waals surface area contributed by atoms with Crippen molar-refractivity contribution in [2.45, 2.75) is 89.3 Å². The van der Waals surface area contributed by atoms with Crippen LogP contribution in [0.5, 0.6) is 0 Å². The zero-order chi connectivity index (χ0) is 25.4. The monoisotopic (exact) mass is 501 g/mol. The van der Waals surface area contributed by atoms with Crippen molar-refractivity contribution in [2.75, 3.05) is 56.0 Å². The van der Waals surface area contributed by atoms with E-state index in [9.17, 15) is 9.90 Å². The maximum Gasteiger partial charge on any atom is 0.224 e. The highest BCUT2D eigenvalue weighted by molar-refractivity contribution is 5.78. The van der Waals surface area contributed by atoms with Gasteiger partial charge in [-0.25, -0.2) is 4.98 Å². The minimum absolute atomic E-state index is 0.120. The van der Waals surface area contributed by atoms with E-state index in [0.29, 0.717) is 19.0 Å². The second kappa shape index (κ2) is 13.0. The van der Waals surface area contributed by atoms with Crippen LogP contribution in [-0.4, -0.2) is 89.4 Å². The summed E-state index contributed by atoms with van der Waals surface area (Å²) in [5, 5.41) is 20.8. The zero-order valence-corrected chi connectivity index (χ0v) is 22.3. The quantitative estimate of drug-likeness (QED) is 0.409. The summed E-state index contributed by atoms with van der Waals surface area (Å²) in [5.74, 6) is 1.98.